The number of alkyl halides is 2. The van der Waals surface area contributed by atoms with Crippen molar-refractivity contribution in [2.45, 2.75) is 33.2 Å². The highest BCUT2D eigenvalue weighted by Gasteiger charge is 2.15. The number of hydrogen-bond acceptors (Lipinski definition) is 2. The van der Waals surface area contributed by atoms with Gasteiger partial charge in [-0.05, 0) is 30.5 Å². The number of guanidine groups is 1. The van der Waals surface area contributed by atoms with Crippen LogP contribution in [-0.4, -0.2) is 32.6 Å². The number of halogens is 2. The third kappa shape index (κ3) is 6.71. The van der Waals surface area contributed by atoms with E-state index in [1.165, 1.54) is 7.11 Å². The molecule has 0 spiro atoms. The molecule has 1 aromatic carbocycles. The van der Waals surface area contributed by atoms with Gasteiger partial charge in [-0.3, -0.25) is 16.0 Å². The van der Waals surface area contributed by atoms with Crippen molar-refractivity contribution < 1.29 is 23.2 Å². The Balaban J connectivity index is 2.77. The molecule has 1 unspecified atom stereocenters. The van der Waals surface area contributed by atoms with Crippen LogP contribution in [0.5, 0.6) is 11.5 Å². The fraction of sp³-hybridized carbons (Fsp3) is 0.562. The molecule has 130 valence electrons. The SMILES string of the molecule is COc1cc(C(C)NC(N)=[NH+]CC(C)C)ccc1OCC(F)F. The average molecular weight is 330 g/mol. The molecule has 23 heavy (non-hydrogen) atoms. The molecule has 1 atom stereocenters. The molecule has 0 aliphatic heterocycles. The Morgan fingerprint density at radius 2 is 1.96 bits per heavy atom. The number of ether oxygens (including phenoxy) is 2. The van der Waals surface area contributed by atoms with Gasteiger partial charge in [0.15, 0.2) is 11.5 Å². The summed E-state index contributed by atoms with van der Waals surface area (Å²) >= 11 is 0. The van der Waals surface area contributed by atoms with Crippen LogP contribution in [0.2, 0.25) is 0 Å². The molecule has 0 aromatic heterocycles. The van der Waals surface area contributed by atoms with E-state index in [2.05, 4.69) is 24.2 Å². The molecule has 0 saturated carbocycles. The third-order valence-electron chi connectivity index (χ3n) is 3.13. The molecule has 0 radical (unpaired) electrons. The molecule has 0 heterocycles. The highest BCUT2D eigenvalue weighted by Crippen LogP contribution is 2.30. The zero-order valence-corrected chi connectivity index (χ0v) is 14.0. The van der Waals surface area contributed by atoms with Crippen LogP contribution in [0.15, 0.2) is 18.2 Å². The zero-order chi connectivity index (χ0) is 17.4. The fourth-order valence-electron chi connectivity index (χ4n) is 1.91. The summed E-state index contributed by atoms with van der Waals surface area (Å²) in [7, 11) is 1.47. The first-order chi connectivity index (χ1) is 10.8. The second-order valence-electron chi connectivity index (χ2n) is 5.67. The number of methoxy groups -OCH3 is 1. The lowest BCUT2D eigenvalue weighted by Gasteiger charge is -2.15. The van der Waals surface area contributed by atoms with Crippen LogP contribution in [0, 0.1) is 5.92 Å². The summed E-state index contributed by atoms with van der Waals surface area (Å²) < 4.78 is 34.7. The van der Waals surface area contributed by atoms with Gasteiger partial charge in [0, 0.05) is 0 Å². The Morgan fingerprint density at radius 3 is 2.52 bits per heavy atom. The lowest BCUT2D eigenvalue weighted by atomic mass is 10.1. The number of hydrogen-bond donors (Lipinski definition) is 3. The first-order valence-electron chi connectivity index (χ1n) is 7.55. The van der Waals surface area contributed by atoms with Crippen molar-refractivity contribution in [1.82, 2.24) is 5.32 Å². The quantitative estimate of drug-likeness (QED) is 0.492. The number of nitrogens with one attached hydrogen (secondary N) is 2. The van der Waals surface area contributed by atoms with Gasteiger partial charge >= 0.3 is 5.96 Å². The van der Waals surface area contributed by atoms with Crippen LogP contribution in [0.1, 0.15) is 32.4 Å². The topological polar surface area (TPSA) is 70.5 Å². The van der Waals surface area contributed by atoms with Crippen molar-refractivity contribution in [2.75, 3.05) is 20.3 Å². The molecule has 4 N–H and O–H groups in total. The molecule has 1 rings (SSSR count). The van der Waals surface area contributed by atoms with Gasteiger partial charge < -0.3 is 9.47 Å². The normalized spacial score (nSPS) is 13.3. The van der Waals surface area contributed by atoms with Crippen molar-refractivity contribution in [3.05, 3.63) is 23.8 Å². The van der Waals surface area contributed by atoms with E-state index < -0.39 is 13.0 Å². The predicted octanol–water partition coefficient (Wildman–Crippen LogP) is 1.04. The predicted molar refractivity (Wildman–Crippen MR) is 85.9 cm³/mol. The largest absolute Gasteiger partial charge is 0.493 e. The Morgan fingerprint density at radius 1 is 1.26 bits per heavy atom. The fourth-order valence-corrected chi connectivity index (χ4v) is 1.91. The first-order valence-corrected chi connectivity index (χ1v) is 7.55. The summed E-state index contributed by atoms with van der Waals surface area (Å²) in [5.74, 6) is 1.67. The van der Waals surface area contributed by atoms with Gasteiger partial charge in [0.25, 0.3) is 6.43 Å². The van der Waals surface area contributed by atoms with Crippen molar-refractivity contribution >= 4 is 5.96 Å². The third-order valence-corrected chi connectivity index (χ3v) is 3.13. The molecular formula is C16H26F2N3O2+. The minimum absolute atomic E-state index is 0.0762. The van der Waals surface area contributed by atoms with Crippen LogP contribution in [0.25, 0.3) is 0 Å². The van der Waals surface area contributed by atoms with E-state index in [0.29, 0.717) is 23.4 Å². The highest BCUT2D eigenvalue weighted by molar-refractivity contribution is 5.72. The summed E-state index contributed by atoms with van der Waals surface area (Å²) in [4.78, 5) is 3.10. The van der Waals surface area contributed by atoms with Crippen molar-refractivity contribution in [3.63, 3.8) is 0 Å². The van der Waals surface area contributed by atoms with Crippen LogP contribution in [0.4, 0.5) is 8.78 Å². The maximum Gasteiger partial charge on any atom is 0.341 e. The molecular weight excluding hydrogens is 304 g/mol. The summed E-state index contributed by atoms with van der Waals surface area (Å²) in [6.07, 6.45) is -2.53. The van der Waals surface area contributed by atoms with Gasteiger partial charge in [-0.2, -0.15) is 0 Å². The molecule has 0 amide bonds. The molecule has 0 aliphatic rings. The summed E-state index contributed by atoms with van der Waals surface area (Å²) in [6, 6.07) is 5.07. The Bertz CT molecular complexity index is 522. The molecule has 5 nitrogen and oxygen atoms in total. The first kappa shape index (κ1) is 19.0. The smallest absolute Gasteiger partial charge is 0.341 e. The van der Waals surface area contributed by atoms with Gasteiger partial charge in [0.05, 0.1) is 19.7 Å². The van der Waals surface area contributed by atoms with E-state index in [1.807, 2.05) is 6.92 Å². The average Bonchev–Trinajstić information content (AvgIpc) is 2.50. The molecule has 0 saturated heterocycles. The Labute approximate surface area is 135 Å². The van der Waals surface area contributed by atoms with Crippen molar-refractivity contribution in [2.24, 2.45) is 11.7 Å². The second-order valence-corrected chi connectivity index (χ2v) is 5.67. The van der Waals surface area contributed by atoms with E-state index in [-0.39, 0.29) is 6.04 Å². The second kappa shape index (κ2) is 9.17. The van der Waals surface area contributed by atoms with Crippen LogP contribution < -0.4 is 25.5 Å². The van der Waals surface area contributed by atoms with Crippen LogP contribution >= 0.6 is 0 Å². The summed E-state index contributed by atoms with van der Waals surface area (Å²) in [5.41, 5.74) is 6.80. The minimum atomic E-state index is -2.53. The molecule has 0 bridgehead atoms. The minimum Gasteiger partial charge on any atom is -0.493 e. The molecule has 7 heteroatoms. The molecule has 0 aliphatic carbocycles. The van der Waals surface area contributed by atoms with E-state index in [4.69, 9.17) is 15.2 Å². The van der Waals surface area contributed by atoms with Crippen LogP contribution in [-0.2, 0) is 0 Å². The standard InChI is InChI=1S/C16H25F2N3O2/c1-10(2)8-20-16(19)21-11(3)12-5-6-13(14(7-12)22-4)23-9-15(17)18/h5-7,10-11,15H,8-9H2,1-4H3,(H3,19,20,21)/p+1. The lowest BCUT2D eigenvalue weighted by Crippen LogP contribution is -2.79. The van der Waals surface area contributed by atoms with Crippen molar-refractivity contribution in [1.29, 1.82) is 0 Å². The molecule has 0 fully saturated rings. The molecule has 1 aromatic rings. The zero-order valence-electron chi connectivity index (χ0n) is 14.0. The maximum absolute atomic E-state index is 12.2. The van der Waals surface area contributed by atoms with E-state index in [1.54, 1.807) is 18.2 Å². The van der Waals surface area contributed by atoms with Gasteiger partial charge in [0.2, 0.25) is 0 Å². The number of rotatable bonds is 8. The Hall–Kier alpha value is -2.05. The summed E-state index contributed by atoms with van der Waals surface area (Å²) in [6.45, 7) is 6.23. The maximum atomic E-state index is 12.2. The lowest BCUT2D eigenvalue weighted by molar-refractivity contribution is -0.468. The van der Waals surface area contributed by atoms with Gasteiger partial charge in [-0.15, -0.1) is 0 Å². The van der Waals surface area contributed by atoms with Gasteiger partial charge in [0.1, 0.15) is 6.61 Å². The van der Waals surface area contributed by atoms with E-state index in [9.17, 15) is 8.78 Å². The van der Waals surface area contributed by atoms with Crippen molar-refractivity contribution in [3.8, 4) is 11.5 Å². The van der Waals surface area contributed by atoms with E-state index >= 15 is 0 Å². The highest BCUT2D eigenvalue weighted by atomic mass is 19.3. The monoisotopic (exact) mass is 330 g/mol. The number of nitrogens with two attached hydrogens (primary N) is 1. The van der Waals surface area contributed by atoms with Gasteiger partial charge in [-0.1, -0.05) is 19.9 Å². The van der Waals surface area contributed by atoms with Crippen LogP contribution in [0.3, 0.4) is 0 Å². The summed E-state index contributed by atoms with van der Waals surface area (Å²) in [5, 5.41) is 3.14. The van der Waals surface area contributed by atoms with E-state index in [0.717, 1.165) is 12.1 Å². The van der Waals surface area contributed by atoms with Gasteiger partial charge in [-0.25, -0.2) is 8.78 Å². The number of benzene rings is 1. The Kier molecular flexibility index (Phi) is 7.57.